The summed E-state index contributed by atoms with van der Waals surface area (Å²) in [5.74, 6) is 0.201. The van der Waals surface area contributed by atoms with Gasteiger partial charge >= 0.3 is 5.97 Å². The molecule has 0 heterocycles. The summed E-state index contributed by atoms with van der Waals surface area (Å²) in [6, 6.07) is 0. The van der Waals surface area contributed by atoms with Gasteiger partial charge in [0, 0.05) is 26.1 Å². The van der Waals surface area contributed by atoms with E-state index in [1.807, 2.05) is 13.8 Å². The Morgan fingerprint density at radius 2 is 1.33 bits per heavy atom. The Hall–Kier alpha value is -0.610. The van der Waals surface area contributed by atoms with Gasteiger partial charge in [-0.15, -0.1) is 0 Å². The average Bonchev–Trinajstić information content (AvgIpc) is 2.53. The normalized spacial score (nSPS) is 11.4. The Morgan fingerprint density at radius 3 is 1.79 bits per heavy atom. The molecule has 0 aromatic rings. The molecule has 0 aromatic heterocycles. The van der Waals surface area contributed by atoms with E-state index in [1.54, 1.807) is 0 Å². The largest absolute Gasteiger partial charge is 0.465 e. The summed E-state index contributed by atoms with van der Waals surface area (Å²) in [7, 11) is 0. The SMILES string of the molecule is CCCCCCOC(CCOC(=O)CC(C)C)OCCCCCC. The molecule has 0 aliphatic heterocycles. The van der Waals surface area contributed by atoms with Crippen LogP contribution in [0.3, 0.4) is 0 Å². The minimum Gasteiger partial charge on any atom is -0.465 e. The fourth-order valence-electron chi connectivity index (χ4n) is 2.36. The summed E-state index contributed by atoms with van der Waals surface area (Å²) in [6.07, 6.45) is 10.3. The van der Waals surface area contributed by atoms with Gasteiger partial charge in [-0.05, 0) is 18.8 Å². The van der Waals surface area contributed by atoms with Crippen LogP contribution in [0.1, 0.15) is 91.9 Å². The molecule has 4 heteroatoms. The first-order chi connectivity index (χ1) is 11.6. The van der Waals surface area contributed by atoms with E-state index in [1.165, 1.54) is 38.5 Å². The molecule has 4 nitrogen and oxygen atoms in total. The summed E-state index contributed by atoms with van der Waals surface area (Å²) in [6.45, 7) is 10.3. The molecule has 0 N–H and O–H groups in total. The highest BCUT2D eigenvalue weighted by molar-refractivity contribution is 5.69. The molecule has 0 bridgehead atoms. The zero-order valence-electron chi connectivity index (χ0n) is 16.5. The van der Waals surface area contributed by atoms with Crippen LogP contribution in [0.15, 0.2) is 0 Å². The Bertz CT molecular complexity index is 265. The second-order valence-corrected chi connectivity index (χ2v) is 6.90. The van der Waals surface area contributed by atoms with Crippen LogP contribution >= 0.6 is 0 Å². The van der Waals surface area contributed by atoms with Crippen LogP contribution in [0.2, 0.25) is 0 Å². The first-order valence-electron chi connectivity index (χ1n) is 9.98. The Labute approximate surface area is 149 Å². The molecule has 0 aromatic carbocycles. The third-order valence-electron chi connectivity index (χ3n) is 3.79. The standard InChI is InChI=1S/C20H40O4/c1-5-7-9-11-14-23-20(24-15-12-10-8-6-2)13-16-22-19(21)17-18(3)4/h18,20H,5-17H2,1-4H3. The minimum absolute atomic E-state index is 0.130. The lowest BCUT2D eigenvalue weighted by Crippen LogP contribution is -2.22. The number of hydrogen-bond donors (Lipinski definition) is 0. The topological polar surface area (TPSA) is 44.8 Å². The molecule has 0 radical (unpaired) electrons. The van der Waals surface area contributed by atoms with Crippen LogP contribution < -0.4 is 0 Å². The van der Waals surface area contributed by atoms with E-state index < -0.39 is 0 Å². The van der Waals surface area contributed by atoms with Crippen molar-refractivity contribution in [1.29, 1.82) is 0 Å². The van der Waals surface area contributed by atoms with Crippen molar-refractivity contribution < 1.29 is 19.0 Å². The summed E-state index contributed by atoms with van der Waals surface area (Å²) < 4.78 is 17.0. The molecule has 0 unspecified atom stereocenters. The fourth-order valence-corrected chi connectivity index (χ4v) is 2.36. The molecular weight excluding hydrogens is 304 g/mol. The Balaban J connectivity index is 3.94. The fraction of sp³-hybridized carbons (Fsp3) is 0.950. The number of carbonyl (C=O) groups excluding carboxylic acids is 1. The Kier molecular flexibility index (Phi) is 16.8. The highest BCUT2D eigenvalue weighted by Gasteiger charge is 2.12. The van der Waals surface area contributed by atoms with Crippen LogP contribution in [0.4, 0.5) is 0 Å². The zero-order chi connectivity index (χ0) is 18.0. The highest BCUT2D eigenvalue weighted by atomic mass is 16.7. The number of unbranched alkanes of at least 4 members (excludes halogenated alkanes) is 6. The van der Waals surface area contributed by atoms with E-state index >= 15 is 0 Å². The number of hydrogen-bond acceptors (Lipinski definition) is 4. The van der Waals surface area contributed by atoms with Gasteiger partial charge in [-0.3, -0.25) is 4.79 Å². The molecule has 0 aliphatic carbocycles. The molecule has 0 saturated heterocycles. The van der Waals surface area contributed by atoms with Crippen LogP contribution in [0, 0.1) is 5.92 Å². The minimum atomic E-state index is -0.250. The van der Waals surface area contributed by atoms with Gasteiger partial charge in [-0.1, -0.05) is 66.2 Å². The van der Waals surface area contributed by atoms with Gasteiger partial charge in [0.15, 0.2) is 6.29 Å². The molecule has 0 aliphatic rings. The molecular formula is C20H40O4. The maximum Gasteiger partial charge on any atom is 0.306 e. The van der Waals surface area contributed by atoms with Gasteiger partial charge in [0.2, 0.25) is 0 Å². The Morgan fingerprint density at radius 1 is 0.792 bits per heavy atom. The van der Waals surface area contributed by atoms with Crippen molar-refractivity contribution in [1.82, 2.24) is 0 Å². The molecule has 24 heavy (non-hydrogen) atoms. The number of carbonyl (C=O) groups is 1. The summed E-state index contributed by atoms with van der Waals surface area (Å²) in [4.78, 5) is 11.6. The molecule has 0 spiro atoms. The van der Waals surface area contributed by atoms with Crippen LogP contribution in [0.5, 0.6) is 0 Å². The van der Waals surface area contributed by atoms with E-state index in [2.05, 4.69) is 13.8 Å². The zero-order valence-corrected chi connectivity index (χ0v) is 16.5. The van der Waals surface area contributed by atoms with Gasteiger partial charge in [0.25, 0.3) is 0 Å². The predicted octanol–water partition coefficient (Wildman–Crippen LogP) is 5.49. The second kappa shape index (κ2) is 17.2. The molecule has 0 atom stereocenters. The van der Waals surface area contributed by atoms with Crippen LogP contribution in [-0.4, -0.2) is 32.1 Å². The number of esters is 1. The van der Waals surface area contributed by atoms with Crippen molar-refractivity contribution >= 4 is 5.97 Å². The maximum absolute atomic E-state index is 11.6. The lowest BCUT2D eigenvalue weighted by molar-refractivity contribution is -0.162. The highest BCUT2D eigenvalue weighted by Crippen LogP contribution is 2.09. The third kappa shape index (κ3) is 16.3. The van der Waals surface area contributed by atoms with Crippen LogP contribution in [-0.2, 0) is 19.0 Å². The first-order valence-corrected chi connectivity index (χ1v) is 9.98. The second-order valence-electron chi connectivity index (χ2n) is 6.90. The molecule has 0 amide bonds. The van der Waals surface area contributed by atoms with E-state index in [0.29, 0.717) is 25.4 Å². The van der Waals surface area contributed by atoms with Crippen molar-refractivity contribution in [3.05, 3.63) is 0 Å². The van der Waals surface area contributed by atoms with Gasteiger partial charge in [-0.25, -0.2) is 0 Å². The molecule has 144 valence electrons. The number of rotatable bonds is 17. The van der Waals surface area contributed by atoms with Gasteiger partial charge in [0.05, 0.1) is 6.61 Å². The van der Waals surface area contributed by atoms with E-state index in [0.717, 1.165) is 26.1 Å². The van der Waals surface area contributed by atoms with Gasteiger partial charge in [-0.2, -0.15) is 0 Å². The maximum atomic E-state index is 11.6. The van der Waals surface area contributed by atoms with E-state index in [-0.39, 0.29) is 12.3 Å². The van der Waals surface area contributed by atoms with Crippen molar-refractivity contribution in [3.63, 3.8) is 0 Å². The molecule has 0 saturated carbocycles. The van der Waals surface area contributed by atoms with E-state index in [4.69, 9.17) is 14.2 Å². The molecule has 0 fully saturated rings. The lowest BCUT2D eigenvalue weighted by Gasteiger charge is -2.19. The summed E-state index contributed by atoms with van der Waals surface area (Å²) >= 11 is 0. The first kappa shape index (κ1) is 23.4. The van der Waals surface area contributed by atoms with Crippen LogP contribution in [0.25, 0.3) is 0 Å². The lowest BCUT2D eigenvalue weighted by atomic mass is 10.1. The van der Waals surface area contributed by atoms with Crippen molar-refractivity contribution in [2.75, 3.05) is 19.8 Å². The van der Waals surface area contributed by atoms with Crippen molar-refractivity contribution in [2.24, 2.45) is 5.92 Å². The van der Waals surface area contributed by atoms with Gasteiger partial charge < -0.3 is 14.2 Å². The summed E-state index contributed by atoms with van der Waals surface area (Å²) in [5.41, 5.74) is 0. The van der Waals surface area contributed by atoms with Crippen molar-refractivity contribution in [2.45, 2.75) is 98.2 Å². The van der Waals surface area contributed by atoms with Gasteiger partial charge in [0.1, 0.15) is 0 Å². The molecule has 0 rings (SSSR count). The quantitative estimate of drug-likeness (QED) is 0.199. The summed E-state index contributed by atoms with van der Waals surface area (Å²) in [5, 5.41) is 0. The van der Waals surface area contributed by atoms with Crippen molar-refractivity contribution in [3.8, 4) is 0 Å². The predicted molar refractivity (Wildman–Crippen MR) is 99.0 cm³/mol. The monoisotopic (exact) mass is 344 g/mol. The average molecular weight is 345 g/mol. The third-order valence-corrected chi connectivity index (χ3v) is 3.79. The van der Waals surface area contributed by atoms with E-state index in [9.17, 15) is 4.79 Å². The smallest absolute Gasteiger partial charge is 0.306 e. The number of ether oxygens (including phenoxy) is 3.